The minimum Gasteiger partial charge on any atom is -0.507 e. The average molecular weight is 181 g/mol. The maximum atomic E-state index is 12.9. The van der Waals surface area contributed by atoms with Gasteiger partial charge in [0.1, 0.15) is 11.6 Å². The number of amides is 1. The van der Waals surface area contributed by atoms with E-state index in [4.69, 9.17) is 10.8 Å². The van der Waals surface area contributed by atoms with Gasteiger partial charge in [0.05, 0.1) is 5.56 Å². The highest BCUT2D eigenvalue weighted by Crippen LogP contribution is 2.20. The number of rotatable bonds is 2. The van der Waals surface area contributed by atoms with Crippen LogP contribution in [0.4, 0.5) is 4.39 Å². The Bertz CT molecular complexity index is 340. The molecule has 0 spiro atoms. The van der Waals surface area contributed by atoms with E-state index in [1.807, 2.05) is 0 Å². The molecule has 1 rings (SSSR count). The molecule has 0 fully saturated rings. The van der Waals surface area contributed by atoms with Gasteiger partial charge in [-0.2, -0.15) is 0 Å². The summed E-state index contributed by atoms with van der Waals surface area (Å²) in [7, 11) is 0. The summed E-state index contributed by atoms with van der Waals surface area (Å²) in [6.45, 7) is 0. The quantitative estimate of drug-likeness (QED) is 0.669. The van der Waals surface area contributed by atoms with Crippen LogP contribution in [0.2, 0.25) is 0 Å². The second-order valence-corrected chi connectivity index (χ2v) is 2.41. The zero-order valence-electron chi connectivity index (χ0n) is 6.70. The number of carbonyl (C=O) groups excluding carboxylic acids is 1. The molecule has 68 valence electrons. The molecule has 13 heavy (non-hydrogen) atoms. The minimum atomic E-state index is -0.692. The van der Waals surface area contributed by atoms with Crippen LogP contribution in [-0.2, 0) is 4.79 Å². The Labute approximate surface area is 74.3 Å². The number of carbonyl (C=O) groups is 1. The first-order chi connectivity index (χ1) is 6.11. The summed E-state index contributed by atoms with van der Waals surface area (Å²) in [6.07, 6.45) is 2.12. The number of hydrogen-bond donors (Lipinski definition) is 2. The Morgan fingerprint density at radius 2 is 2.23 bits per heavy atom. The van der Waals surface area contributed by atoms with Gasteiger partial charge in [-0.15, -0.1) is 0 Å². The van der Waals surface area contributed by atoms with Crippen molar-refractivity contribution in [3.8, 4) is 5.75 Å². The third-order valence-corrected chi connectivity index (χ3v) is 1.44. The van der Waals surface area contributed by atoms with Crippen molar-refractivity contribution in [1.82, 2.24) is 0 Å². The van der Waals surface area contributed by atoms with Crippen molar-refractivity contribution in [3.63, 3.8) is 0 Å². The Balaban J connectivity index is 3.06. The van der Waals surface area contributed by atoms with Crippen LogP contribution in [0.1, 0.15) is 5.56 Å². The highest BCUT2D eigenvalue weighted by atomic mass is 19.1. The number of primary amides is 1. The standard InChI is InChI=1S/C9H8FNO2/c10-7-2-1-3-8(12)6(7)4-5-9(11)13/h1-5,12H,(H2,11,13)/b5-4+. The molecule has 0 atom stereocenters. The zero-order chi connectivity index (χ0) is 9.84. The normalized spacial score (nSPS) is 10.5. The summed E-state index contributed by atoms with van der Waals surface area (Å²) >= 11 is 0. The maximum absolute atomic E-state index is 12.9. The van der Waals surface area contributed by atoms with E-state index in [2.05, 4.69) is 0 Å². The molecular weight excluding hydrogens is 173 g/mol. The molecule has 0 aliphatic carbocycles. The van der Waals surface area contributed by atoms with Gasteiger partial charge in [-0.05, 0) is 18.2 Å². The Hall–Kier alpha value is -1.84. The smallest absolute Gasteiger partial charge is 0.241 e. The Morgan fingerprint density at radius 1 is 1.54 bits per heavy atom. The van der Waals surface area contributed by atoms with Crippen molar-refractivity contribution in [1.29, 1.82) is 0 Å². The fourth-order valence-corrected chi connectivity index (χ4v) is 0.856. The van der Waals surface area contributed by atoms with Crippen LogP contribution < -0.4 is 5.73 Å². The SMILES string of the molecule is NC(=O)/C=C/c1c(O)cccc1F. The van der Waals surface area contributed by atoms with E-state index in [0.29, 0.717) is 0 Å². The van der Waals surface area contributed by atoms with E-state index in [9.17, 15) is 9.18 Å². The molecule has 0 saturated carbocycles. The van der Waals surface area contributed by atoms with Gasteiger partial charge in [0, 0.05) is 6.08 Å². The number of hydrogen-bond acceptors (Lipinski definition) is 2. The molecule has 3 nitrogen and oxygen atoms in total. The van der Waals surface area contributed by atoms with Gasteiger partial charge < -0.3 is 10.8 Å². The van der Waals surface area contributed by atoms with E-state index in [-0.39, 0.29) is 11.3 Å². The van der Waals surface area contributed by atoms with Crippen molar-refractivity contribution < 1.29 is 14.3 Å². The summed E-state index contributed by atoms with van der Waals surface area (Å²) in [6, 6.07) is 3.87. The highest BCUT2D eigenvalue weighted by molar-refractivity contribution is 5.90. The summed E-state index contributed by atoms with van der Waals surface area (Å²) in [5.74, 6) is -1.52. The van der Waals surface area contributed by atoms with Crippen LogP contribution in [0.15, 0.2) is 24.3 Å². The maximum Gasteiger partial charge on any atom is 0.241 e. The van der Waals surface area contributed by atoms with Gasteiger partial charge in [-0.25, -0.2) is 4.39 Å². The largest absolute Gasteiger partial charge is 0.507 e. The fraction of sp³-hybridized carbons (Fsp3) is 0. The third kappa shape index (κ3) is 2.30. The number of benzene rings is 1. The minimum absolute atomic E-state index is 0.0405. The van der Waals surface area contributed by atoms with Crippen molar-refractivity contribution in [2.45, 2.75) is 0 Å². The molecule has 0 aliphatic rings. The van der Waals surface area contributed by atoms with Crippen molar-refractivity contribution in [2.75, 3.05) is 0 Å². The molecular formula is C9H8FNO2. The first kappa shape index (κ1) is 9.25. The van der Waals surface area contributed by atoms with E-state index in [1.54, 1.807) is 0 Å². The first-order valence-corrected chi connectivity index (χ1v) is 3.56. The summed E-state index contributed by atoms with van der Waals surface area (Å²) in [5.41, 5.74) is 4.77. The van der Waals surface area contributed by atoms with E-state index in [0.717, 1.165) is 12.2 Å². The lowest BCUT2D eigenvalue weighted by Gasteiger charge is -1.98. The lowest BCUT2D eigenvalue weighted by atomic mass is 10.1. The van der Waals surface area contributed by atoms with Crippen molar-refractivity contribution in [2.24, 2.45) is 5.73 Å². The predicted octanol–water partition coefficient (Wildman–Crippen LogP) is 1.03. The molecule has 0 saturated heterocycles. The van der Waals surface area contributed by atoms with Crippen LogP contribution in [-0.4, -0.2) is 11.0 Å². The topological polar surface area (TPSA) is 63.3 Å². The van der Waals surface area contributed by atoms with Gasteiger partial charge in [0.2, 0.25) is 5.91 Å². The highest BCUT2D eigenvalue weighted by Gasteiger charge is 2.03. The molecule has 3 N–H and O–H groups in total. The molecule has 0 aromatic heterocycles. The van der Waals surface area contributed by atoms with Crippen LogP contribution in [0.3, 0.4) is 0 Å². The molecule has 0 radical (unpaired) electrons. The molecule has 0 unspecified atom stereocenters. The second kappa shape index (κ2) is 3.71. The monoisotopic (exact) mass is 181 g/mol. The van der Waals surface area contributed by atoms with Gasteiger partial charge in [-0.1, -0.05) is 6.07 Å². The van der Waals surface area contributed by atoms with E-state index in [1.165, 1.54) is 18.2 Å². The molecule has 4 heteroatoms. The molecule has 1 amide bonds. The van der Waals surface area contributed by atoms with Gasteiger partial charge in [0.15, 0.2) is 0 Å². The van der Waals surface area contributed by atoms with Crippen LogP contribution >= 0.6 is 0 Å². The third-order valence-electron chi connectivity index (χ3n) is 1.44. The number of halogens is 1. The Morgan fingerprint density at radius 3 is 2.77 bits per heavy atom. The van der Waals surface area contributed by atoms with Gasteiger partial charge >= 0.3 is 0 Å². The van der Waals surface area contributed by atoms with Crippen LogP contribution in [0.5, 0.6) is 5.75 Å². The lowest BCUT2D eigenvalue weighted by molar-refractivity contribution is -0.113. The molecule has 0 heterocycles. The van der Waals surface area contributed by atoms with E-state index < -0.39 is 11.7 Å². The molecule has 1 aromatic carbocycles. The fourth-order valence-electron chi connectivity index (χ4n) is 0.856. The van der Waals surface area contributed by atoms with Crippen molar-refractivity contribution >= 4 is 12.0 Å². The first-order valence-electron chi connectivity index (χ1n) is 3.56. The number of nitrogens with two attached hydrogens (primary N) is 1. The van der Waals surface area contributed by atoms with Crippen LogP contribution in [0, 0.1) is 5.82 Å². The summed E-state index contributed by atoms with van der Waals surface area (Å²) in [5, 5.41) is 9.16. The number of phenols is 1. The number of aromatic hydroxyl groups is 1. The molecule has 0 bridgehead atoms. The molecule has 1 aromatic rings. The molecule has 0 aliphatic heterocycles. The summed E-state index contributed by atoms with van der Waals surface area (Å²) < 4.78 is 12.9. The van der Waals surface area contributed by atoms with Crippen LogP contribution in [0.25, 0.3) is 6.08 Å². The lowest BCUT2D eigenvalue weighted by Crippen LogP contribution is -2.05. The average Bonchev–Trinajstić information content (AvgIpc) is 2.03. The second-order valence-electron chi connectivity index (χ2n) is 2.41. The Kier molecular flexibility index (Phi) is 2.64. The van der Waals surface area contributed by atoms with Crippen molar-refractivity contribution in [3.05, 3.63) is 35.7 Å². The van der Waals surface area contributed by atoms with Gasteiger partial charge in [-0.3, -0.25) is 4.79 Å². The van der Waals surface area contributed by atoms with E-state index >= 15 is 0 Å². The zero-order valence-corrected chi connectivity index (χ0v) is 6.70. The van der Waals surface area contributed by atoms with Gasteiger partial charge in [0.25, 0.3) is 0 Å². The predicted molar refractivity (Wildman–Crippen MR) is 46.3 cm³/mol. The number of phenolic OH excluding ortho intramolecular Hbond substituents is 1. The summed E-state index contributed by atoms with van der Waals surface area (Å²) in [4.78, 5) is 10.3.